The number of anilines is 1. The maximum atomic E-state index is 11.9. The number of aryl methyl sites for hydroxylation is 1. The largest absolute Gasteiger partial charge is 0.282 e. The first-order valence-electron chi connectivity index (χ1n) is 5.56. The molecule has 0 spiro atoms. The van der Waals surface area contributed by atoms with E-state index in [4.69, 9.17) is 11.6 Å². The number of rotatable bonds is 5. The first kappa shape index (κ1) is 13.8. The molecular formula is C12H12ClN3O2S. The van der Waals surface area contributed by atoms with Crippen LogP contribution in [0.25, 0.3) is 0 Å². The maximum Gasteiger partial charge on any atom is 0.233 e. The number of pyridine rings is 2. The molecule has 0 bridgehead atoms. The Bertz CT molecular complexity index is 630. The lowest BCUT2D eigenvalue weighted by Crippen LogP contribution is -2.18. The van der Waals surface area contributed by atoms with Gasteiger partial charge in [-0.25, -0.2) is 13.4 Å². The first-order valence-corrected chi connectivity index (χ1v) is 7.59. The van der Waals surface area contributed by atoms with Crippen LogP contribution in [-0.4, -0.2) is 24.1 Å². The van der Waals surface area contributed by atoms with Crippen molar-refractivity contribution in [2.24, 2.45) is 0 Å². The lowest BCUT2D eigenvalue weighted by Gasteiger charge is -2.07. The summed E-state index contributed by atoms with van der Waals surface area (Å²) in [4.78, 5) is 7.69. The topological polar surface area (TPSA) is 72.0 Å². The average molecular weight is 298 g/mol. The van der Waals surface area contributed by atoms with E-state index in [1.807, 2.05) is 0 Å². The van der Waals surface area contributed by atoms with E-state index in [2.05, 4.69) is 14.7 Å². The fourth-order valence-electron chi connectivity index (χ4n) is 1.47. The second-order valence-corrected chi connectivity index (χ2v) is 6.13. The summed E-state index contributed by atoms with van der Waals surface area (Å²) in [6.07, 6.45) is 5.09. The van der Waals surface area contributed by atoms with Gasteiger partial charge in [-0.2, -0.15) is 0 Å². The van der Waals surface area contributed by atoms with Crippen LogP contribution in [0, 0.1) is 0 Å². The molecular weight excluding hydrogens is 286 g/mol. The van der Waals surface area contributed by atoms with Gasteiger partial charge in [-0.05, 0) is 36.2 Å². The number of aromatic nitrogens is 2. The quantitative estimate of drug-likeness (QED) is 0.858. The van der Waals surface area contributed by atoms with Crippen molar-refractivity contribution in [1.82, 2.24) is 9.97 Å². The van der Waals surface area contributed by atoms with Crippen LogP contribution in [0.4, 0.5) is 5.69 Å². The molecule has 0 fully saturated rings. The highest BCUT2D eigenvalue weighted by atomic mass is 35.5. The van der Waals surface area contributed by atoms with Crippen molar-refractivity contribution < 1.29 is 8.42 Å². The van der Waals surface area contributed by atoms with Crippen LogP contribution in [0.15, 0.2) is 42.9 Å². The van der Waals surface area contributed by atoms with Crippen LogP contribution in [0.3, 0.4) is 0 Å². The number of sulfonamides is 1. The van der Waals surface area contributed by atoms with E-state index in [-0.39, 0.29) is 5.75 Å². The molecule has 2 rings (SSSR count). The number of nitrogens with one attached hydrogen (secondary N) is 1. The van der Waals surface area contributed by atoms with Crippen LogP contribution in [-0.2, 0) is 16.4 Å². The van der Waals surface area contributed by atoms with Crippen LogP contribution < -0.4 is 4.72 Å². The van der Waals surface area contributed by atoms with Gasteiger partial charge in [0.25, 0.3) is 0 Å². The zero-order valence-electron chi connectivity index (χ0n) is 9.95. The molecule has 100 valence electrons. The summed E-state index contributed by atoms with van der Waals surface area (Å²) in [5, 5.41) is 0.319. The lowest BCUT2D eigenvalue weighted by molar-refractivity contribution is 0.600. The van der Waals surface area contributed by atoms with Gasteiger partial charge in [0.05, 0.1) is 17.6 Å². The first-order chi connectivity index (χ1) is 9.05. The summed E-state index contributed by atoms with van der Waals surface area (Å²) >= 11 is 5.63. The Morgan fingerprint density at radius 2 is 1.89 bits per heavy atom. The van der Waals surface area contributed by atoms with E-state index in [1.54, 1.807) is 30.6 Å². The minimum absolute atomic E-state index is 0.000357. The molecule has 2 heterocycles. The smallest absolute Gasteiger partial charge is 0.233 e. The molecule has 0 radical (unpaired) electrons. The highest BCUT2D eigenvalue weighted by molar-refractivity contribution is 7.92. The van der Waals surface area contributed by atoms with Gasteiger partial charge in [-0.3, -0.25) is 9.71 Å². The summed E-state index contributed by atoms with van der Waals surface area (Å²) in [6, 6.07) is 6.68. The van der Waals surface area contributed by atoms with Crippen molar-refractivity contribution >= 4 is 27.3 Å². The number of halogens is 1. The van der Waals surface area contributed by atoms with E-state index in [0.29, 0.717) is 17.3 Å². The van der Waals surface area contributed by atoms with Gasteiger partial charge in [-0.1, -0.05) is 11.6 Å². The molecule has 0 aromatic carbocycles. The lowest BCUT2D eigenvalue weighted by atomic mass is 10.2. The molecule has 0 atom stereocenters. The van der Waals surface area contributed by atoms with Gasteiger partial charge in [0.15, 0.2) is 0 Å². The van der Waals surface area contributed by atoms with Gasteiger partial charge in [-0.15, -0.1) is 0 Å². The van der Waals surface area contributed by atoms with Gasteiger partial charge in [0.2, 0.25) is 10.0 Å². The third-order valence-corrected chi connectivity index (χ3v) is 3.92. The molecule has 0 amide bonds. The van der Waals surface area contributed by atoms with E-state index < -0.39 is 10.0 Å². The van der Waals surface area contributed by atoms with Crippen LogP contribution >= 0.6 is 11.6 Å². The monoisotopic (exact) mass is 297 g/mol. The Morgan fingerprint density at radius 3 is 2.53 bits per heavy atom. The third-order valence-electron chi connectivity index (χ3n) is 2.41. The van der Waals surface area contributed by atoms with Crippen molar-refractivity contribution in [3.05, 3.63) is 53.6 Å². The molecule has 19 heavy (non-hydrogen) atoms. The minimum atomic E-state index is -3.40. The maximum absolute atomic E-state index is 11.9. The van der Waals surface area contributed by atoms with Gasteiger partial charge >= 0.3 is 0 Å². The predicted molar refractivity (Wildman–Crippen MR) is 74.6 cm³/mol. The highest BCUT2D eigenvalue weighted by Crippen LogP contribution is 2.12. The number of hydrogen-bond acceptors (Lipinski definition) is 4. The highest BCUT2D eigenvalue weighted by Gasteiger charge is 2.10. The van der Waals surface area contributed by atoms with Crippen molar-refractivity contribution in [3.63, 3.8) is 0 Å². The average Bonchev–Trinajstić information content (AvgIpc) is 2.40. The Balaban J connectivity index is 1.97. The van der Waals surface area contributed by atoms with Crippen LogP contribution in [0.1, 0.15) is 5.56 Å². The van der Waals surface area contributed by atoms with E-state index >= 15 is 0 Å². The zero-order valence-corrected chi connectivity index (χ0v) is 11.5. The van der Waals surface area contributed by atoms with Gasteiger partial charge < -0.3 is 0 Å². The van der Waals surface area contributed by atoms with Gasteiger partial charge in [0, 0.05) is 12.4 Å². The molecule has 2 aromatic heterocycles. The second kappa shape index (κ2) is 5.99. The predicted octanol–water partition coefficient (Wildman–Crippen LogP) is 2.11. The fourth-order valence-corrected chi connectivity index (χ4v) is 2.67. The van der Waals surface area contributed by atoms with E-state index in [1.165, 1.54) is 12.3 Å². The molecule has 0 aliphatic rings. The number of nitrogens with zero attached hydrogens (tertiary/aromatic N) is 2. The number of hydrogen-bond donors (Lipinski definition) is 1. The molecule has 0 saturated carbocycles. The second-order valence-electron chi connectivity index (χ2n) is 3.90. The molecule has 0 unspecified atom stereocenters. The molecule has 1 N–H and O–H groups in total. The minimum Gasteiger partial charge on any atom is -0.282 e. The Hall–Kier alpha value is -1.66. The summed E-state index contributed by atoms with van der Waals surface area (Å²) < 4.78 is 26.2. The Morgan fingerprint density at radius 1 is 1.16 bits per heavy atom. The summed E-state index contributed by atoms with van der Waals surface area (Å²) in [5.74, 6) is -0.000357. The fraction of sp³-hybridized carbons (Fsp3) is 0.167. The molecule has 5 nitrogen and oxygen atoms in total. The molecule has 0 saturated heterocycles. The summed E-state index contributed by atoms with van der Waals surface area (Å²) in [6.45, 7) is 0. The van der Waals surface area contributed by atoms with E-state index in [0.717, 1.165) is 5.56 Å². The normalized spacial score (nSPS) is 11.2. The van der Waals surface area contributed by atoms with Crippen LogP contribution in [0.2, 0.25) is 5.15 Å². The summed E-state index contributed by atoms with van der Waals surface area (Å²) in [7, 11) is -3.40. The molecule has 7 heteroatoms. The molecule has 0 aliphatic heterocycles. The molecule has 2 aromatic rings. The van der Waals surface area contributed by atoms with E-state index in [9.17, 15) is 8.42 Å². The summed E-state index contributed by atoms with van der Waals surface area (Å²) in [5.41, 5.74) is 1.33. The van der Waals surface area contributed by atoms with Gasteiger partial charge in [0.1, 0.15) is 5.15 Å². The molecule has 0 aliphatic carbocycles. The van der Waals surface area contributed by atoms with Crippen molar-refractivity contribution in [2.75, 3.05) is 10.5 Å². The van der Waals surface area contributed by atoms with Crippen molar-refractivity contribution in [1.29, 1.82) is 0 Å². The standard InChI is InChI=1S/C12H12ClN3O2S/c13-12-2-1-11(9-15-12)16-19(17,18)8-5-10-3-6-14-7-4-10/h1-4,6-7,9,16H,5,8H2. The Labute approximate surface area is 116 Å². The third kappa shape index (κ3) is 4.50. The Kier molecular flexibility index (Phi) is 4.34. The zero-order chi connectivity index (χ0) is 13.7. The SMILES string of the molecule is O=S(=O)(CCc1ccncc1)Nc1ccc(Cl)nc1. The van der Waals surface area contributed by atoms with Crippen LogP contribution in [0.5, 0.6) is 0 Å². The van der Waals surface area contributed by atoms with Crippen molar-refractivity contribution in [2.45, 2.75) is 6.42 Å². The van der Waals surface area contributed by atoms with Crippen molar-refractivity contribution in [3.8, 4) is 0 Å².